The minimum absolute atomic E-state index is 0.159. The van der Waals surface area contributed by atoms with Crippen molar-refractivity contribution < 1.29 is 8.42 Å². The standard InChI is InChI=1S/C17H17BrN4O2S/c1-11-10-19-17(16(18)20-11)21-25(23,24)15-9-5-6-12-13(15)7-4-8-14(12)22(2)3/h4-10H,1-3H3,(H,19,21). The van der Waals surface area contributed by atoms with Crippen LogP contribution in [0.15, 0.2) is 52.1 Å². The summed E-state index contributed by atoms with van der Waals surface area (Å²) in [4.78, 5) is 10.4. The van der Waals surface area contributed by atoms with Crippen molar-refractivity contribution >= 4 is 48.2 Å². The predicted octanol–water partition coefficient (Wildman–Crippen LogP) is 3.57. The fraction of sp³-hybridized carbons (Fsp3) is 0.176. The molecule has 2 aromatic carbocycles. The van der Waals surface area contributed by atoms with Crippen LogP contribution in [-0.4, -0.2) is 32.5 Å². The van der Waals surface area contributed by atoms with E-state index >= 15 is 0 Å². The summed E-state index contributed by atoms with van der Waals surface area (Å²) in [7, 11) is 0.0289. The highest BCUT2D eigenvalue weighted by molar-refractivity contribution is 9.10. The molecule has 0 saturated carbocycles. The van der Waals surface area contributed by atoms with Crippen LogP contribution in [0.5, 0.6) is 0 Å². The number of aromatic nitrogens is 2. The summed E-state index contributed by atoms with van der Waals surface area (Å²) < 4.78 is 28.7. The molecule has 3 rings (SSSR count). The molecule has 1 heterocycles. The molecular formula is C17H17BrN4O2S. The molecule has 0 fully saturated rings. The van der Waals surface area contributed by atoms with E-state index in [1.165, 1.54) is 6.20 Å². The number of fused-ring (bicyclic) bond motifs is 1. The van der Waals surface area contributed by atoms with Gasteiger partial charge < -0.3 is 4.90 Å². The molecule has 0 aliphatic rings. The van der Waals surface area contributed by atoms with E-state index in [9.17, 15) is 8.42 Å². The Kier molecular flexibility index (Phi) is 4.66. The largest absolute Gasteiger partial charge is 0.377 e. The maximum Gasteiger partial charge on any atom is 0.263 e. The van der Waals surface area contributed by atoms with Crippen LogP contribution in [-0.2, 0) is 10.0 Å². The summed E-state index contributed by atoms with van der Waals surface area (Å²) in [5.74, 6) is 0.159. The molecule has 1 N–H and O–H groups in total. The molecule has 0 aliphatic carbocycles. The van der Waals surface area contributed by atoms with E-state index in [0.29, 0.717) is 15.7 Å². The number of aryl methyl sites for hydroxylation is 1. The first-order valence-corrected chi connectivity index (χ1v) is 9.78. The lowest BCUT2D eigenvalue weighted by molar-refractivity contribution is 0.602. The first-order valence-electron chi connectivity index (χ1n) is 7.50. The third-order valence-electron chi connectivity index (χ3n) is 3.71. The Morgan fingerprint density at radius 3 is 2.44 bits per heavy atom. The number of halogens is 1. The molecule has 130 valence electrons. The number of hydrogen-bond donors (Lipinski definition) is 1. The summed E-state index contributed by atoms with van der Waals surface area (Å²) in [6.45, 7) is 1.78. The van der Waals surface area contributed by atoms with Gasteiger partial charge in [0.25, 0.3) is 10.0 Å². The van der Waals surface area contributed by atoms with Crippen molar-refractivity contribution in [2.45, 2.75) is 11.8 Å². The van der Waals surface area contributed by atoms with Crippen LogP contribution >= 0.6 is 15.9 Å². The maximum atomic E-state index is 12.9. The zero-order chi connectivity index (χ0) is 18.2. The summed E-state index contributed by atoms with van der Waals surface area (Å²) in [6.07, 6.45) is 1.51. The van der Waals surface area contributed by atoms with Crippen LogP contribution in [0.4, 0.5) is 11.5 Å². The number of nitrogens with one attached hydrogen (secondary N) is 1. The molecule has 8 heteroatoms. The summed E-state index contributed by atoms with van der Waals surface area (Å²) >= 11 is 3.25. The molecule has 0 radical (unpaired) electrons. The van der Waals surface area contributed by atoms with Gasteiger partial charge in [0.15, 0.2) is 5.82 Å². The number of sulfonamides is 1. The Bertz CT molecular complexity index is 1050. The zero-order valence-electron chi connectivity index (χ0n) is 14.0. The van der Waals surface area contributed by atoms with Gasteiger partial charge in [-0.2, -0.15) is 0 Å². The Labute approximate surface area is 155 Å². The molecule has 1 aromatic heterocycles. The van der Waals surface area contributed by atoms with Crippen LogP contribution in [0.1, 0.15) is 5.69 Å². The van der Waals surface area contributed by atoms with Crippen LogP contribution in [0.2, 0.25) is 0 Å². The van der Waals surface area contributed by atoms with Crippen molar-refractivity contribution in [2.75, 3.05) is 23.7 Å². The van der Waals surface area contributed by atoms with Gasteiger partial charge in [-0.15, -0.1) is 0 Å². The van der Waals surface area contributed by atoms with Crippen molar-refractivity contribution in [1.29, 1.82) is 0 Å². The quantitative estimate of drug-likeness (QED) is 0.697. The number of anilines is 2. The van der Waals surface area contributed by atoms with Gasteiger partial charge in [-0.05, 0) is 35.0 Å². The third kappa shape index (κ3) is 3.45. The van der Waals surface area contributed by atoms with Gasteiger partial charge >= 0.3 is 0 Å². The first kappa shape index (κ1) is 17.6. The third-order valence-corrected chi connectivity index (χ3v) is 5.66. The molecule has 3 aromatic rings. The van der Waals surface area contributed by atoms with Crippen LogP contribution in [0, 0.1) is 6.92 Å². The summed E-state index contributed by atoms with van der Waals surface area (Å²) in [5, 5.41) is 1.52. The molecule has 0 aliphatic heterocycles. The van der Waals surface area contributed by atoms with Gasteiger partial charge in [0.05, 0.1) is 16.8 Å². The van der Waals surface area contributed by atoms with Crippen molar-refractivity contribution in [3.8, 4) is 0 Å². The van der Waals surface area contributed by atoms with E-state index in [0.717, 1.165) is 11.1 Å². The van der Waals surface area contributed by atoms with E-state index in [1.54, 1.807) is 25.1 Å². The Morgan fingerprint density at radius 1 is 1.08 bits per heavy atom. The second-order valence-corrected chi connectivity index (χ2v) is 8.18. The average molecular weight is 421 g/mol. The van der Waals surface area contributed by atoms with Gasteiger partial charge in [0.1, 0.15) is 4.60 Å². The second kappa shape index (κ2) is 6.61. The van der Waals surface area contributed by atoms with Gasteiger partial charge in [-0.1, -0.05) is 24.3 Å². The number of rotatable bonds is 4. The molecule has 6 nitrogen and oxygen atoms in total. The molecule has 0 saturated heterocycles. The second-order valence-electron chi connectivity index (χ2n) is 5.78. The molecule has 0 atom stereocenters. The molecule has 25 heavy (non-hydrogen) atoms. The van der Waals surface area contributed by atoms with Crippen LogP contribution in [0.3, 0.4) is 0 Å². The molecule has 0 unspecified atom stereocenters. The summed E-state index contributed by atoms with van der Waals surface area (Å²) in [6, 6.07) is 10.8. The van der Waals surface area contributed by atoms with E-state index in [4.69, 9.17) is 0 Å². The topological polar surface area (TPSA) is 75.2 Å². The lowest BCUT2D eigenvalue weighted by atomic mass is 10.1. The molecule has 0 bridgehead atoms. The zero-order valence-corrected chi connectivity index (χ0v) is 16.4. The van der Waals surface area contributed by atoms with Gasteiger partial charge in [-0.3, -0.25) is 4.72 Å². The van der Waals surface area contributed by atoms with Gasteiger partial charge in [0.2, 0.25) is 0 Å². The Balaban J connectivity index is 2.13. The van der Waals surface area contributed by atoms with E-state index in [1.807, 2.05) is 37.2 Å². The highest BCUT2D eigenvalue weighted by atomic mass is 79.9. The van der Waals surface area contributed by atoms with Crippen molar-refractivity contribution in [1.82, 2.24) is 9.97 Å². The van der Waals surface area contributed by atoms with Gasteiger partial charge in [-0.25, -0.2) is 18.4 Å². The fourth-order valence-electron chi connectivity index (χ4n) is 2.59. The smallest absolute Gasteiger partial charge is 0.263 e. The summed E-state index contributed by atoms with van der Waals surface area (Å²) in [5.41, 5.74) is 1.64. The highest BCUT2D eigenvalue weighted by Gasteiger charge is 2.20. The van der Waals surface area contributed by atoms with Crippen molar-refractivity contribution in [2.24, 2.45) is 0 Å². The van der Waals surface area contributed by atoms with Crippen molar-refractivity contribution in [3.63, 3.8) is 0 Å². The molecule has 0 amide bonds. The van der Waals surface area contributed by atoms with Crippen molar-refractivity contribution in [3.05, 3.63) is 52.9 Å². The predicted molar refractivity (Wildman–Crippen MR) is 104 cm³/mol. The lowest BCUT2D eigenvalue weighted by Gasteiger charge is -2.17. The maximum absolute atomic E-state index is 12.9. The van der Waals surface area contributed by atoms with Crippen LogP contribution < -0.4 is 9.62 Å². The number of benzene rings is 2. The number of hydrogen-bond acceptors (Lipinski definition) is 5. The average Bonchev–Trinajstić information content (AvgIpc) is 2.56. The Hall–Kier alpha value is -2.19. The lowest BCUT2D eigenvalue weighted by Crippen LogP contribution is -2.16. The normalized spacial score (nSPS) is 11.5. The number of nitrogens with zero attached hydrogens (tertiary/aromatic N) is 3. The Morgan fingerprint density at radius 2 is 1.76 bits per heavy atom. The minimum atomic E-state index is -3.82. The van der Waals surface area contributed by atoms with E-state index in [2.05, 4.69) is 30.6 Å². The monoisotopic (exact) mass is 420 g/mol. The first-order chi connectivity index (χ1) is 11.8. The SMILES string of the molecule is Cc1cnc(NS(=O)(=O)c2cccc3c(N(C)C)cccc23)c(Br)n1. The van der Waals surface area contributed by atoms with Gasteiger partial charge in [0, 0.05) is 30.6 Å². The van der Waals surface area contributed by atoms with E-state index in [-0.39, 0.29) is 10.7 Å². The van der Waals surface area contributed by atoms with E-state index < -0.39 is 10.0 Å². The molecular weight excluding hydrogens is 404 g/mol. The van der Waals surface area contributed by atoms with Crippen LogP contribution in [0.25, 0.3) is 10.8 Å². The highest BCUT2D eigenvalue weighted by Crippen LogP contribution is 2.31. The fourth-order valence-corrected chi connectivity index (χ4v) is 4.44. The minimum Gasteiger partial charge on any atom is -0.377 e. The molecule has 0 spiro atoms.